The molecule has 1 aliphatic rings. The van der Waals surface area contributed by atoms with E-state index < -0.39 is 29.0 Å². The number of thioether (sulfide) groups is 1. The number of fused-ring (bicyclic) bond motifs is 1. The van der Waals surface area contributed by atoms with Crippen LogP contribution in [0, 0.1) is 17.5 Å². The molecule has 1 aliphatic heterocycles. The van der Waals surface area contributed by atoms with Crippen molar-refractivity contribution in [2.45, 2.75) is 0 Å². The molecule has 1 heterocycles. The average molecular weight is 394 g/mol. The summed E-state index contributed by atoms with van der Waals surface area (Å²) in [4.78, 5) is 37.3. The van der Waals surface area contributed by atoms with Gasteiger partial charge < -0.3 is 5.32 Å². The molecule has 5 nitrogen and oxygen atoms in total. The molecule has 27 heavy (non-hydrogen) atoms. The van der Waals surface area contributed by atoms with Gasteiger partial charge in [0.2, 0.25) is 5.91 Å². The van der Waals surface area contributed by atoms with Gasteiger partial charge in [-0.3, -0.25) is 19.3 Å². The number of imide groups is 1. The Bertz CT molecular complexity index is 901. The minimum absolute atomic E-state index is 0.110. The molecular formula is C18H13F3N2O3S. The molecule has 1 N–H and O–H groups in total. The van der Waals surface area contributed by atoms with Crippen molar-refractivity contribution in [2.24, 2.45) is 0 Å². The van der Waals surface area contributed by atoms with Crippen LogP contribution in [0.5, 0.6) is 0 Å². The lowest BCUT2D eigenvalue weighted by atomic mass is 10.1. The number of benzene rings is 2. The van der Waals surface area contributed by atoms with Crippen LogP contribution in [-0.2, 0) is 4.79 Å². The Morgan fingerprint density at radius 1 is 0.963 bits per heavy atom. The SMILES string of the molecule is O=C(CSCCN1C(=O)c2ccccc2C1=O)Nc1ccc(F)c(F)c1F. The number of halogens is 3. The summed E-state index contributed by atoms with van der Waals surface area (Å²) in [6, 6.07) is 8.13. The van der Waals surface area contributed by atoms with Gasteiger partial charge in [-0.25, -0.2) is 13.2 Å². The smallest absolute Gasteiger partial charge is 0.261 e. The fourth-order valence-electron chi connectivity index (χ4n) is 2.57. The number of nitrogens with one attached hydrogen (secondary N) is 1. The van der Waals surface area contributed by atoms with Gasteiger partial charge in [-0.15, -0.1) is 0 Å². The number of rotatable bonds is 6. The van der Waals surface area contributed by atoms with E-state index in [4.69, 9.17) is 0 Å². The Labute approximate surface area is 156 Å². The van der Waals surface area contributed by atoms with Crippen LogP contribution in [-0.4, -0.2) is 40.7 Å². The molecule has 3 amide bonds. The zero-order valence-corrected chi connectivity index (χ0v) is 14.6. The van der Waals surface area contributed by atoms with Crippen molar-refractivity contribution in [3.8, 4) is 0 Å². The molecule has 0 atom stereocenters. The van der Waals surface area contributed by atoms with Gasteiger partial charge in [0.05, 0.1) is 22.6 Å². The largest absolute Gasteiger partial charge is 0.323 e. The highest BCUT2D eigenvalue weighted by atomic mass is 32.2. The fraction of sp³-hybridized carbons (Fsp3) is 0.167. The summed E-state index contributed by atoms with van der Waals surface area (Å²) in [6.45, 7) is 0.115. The monoisotopic (exact) mass is 394 g/mol. The molecule has 140 valence electrons. The highest BCUT2D eigenvalue weighted by Gasteiger charge is 2.34. The van der Waals surface area contributed by atoms with Crippen LogP contribution < -0.4 is 5.32 Å². The topological polar surface area (TPSA) is 66.5 Å². The summed E-state index contributed by atoms with van der Waals surface area (Å²) in [6.07, 6.45) is 0. The van der Waals surface area contributed by atoms with Crippen molar-refractivity contribution in [1.29, 1.82) is 0 Å². The number of carbonyl (C=O) groups is 3. The van der Waals surface area contributed by atoms with Crippen LogP contribution in [0.15, 0.2) is 36.4 Å². The van der Waals surface area contributed by atoms with E-state index in [-0.39, 0.29) is 24.1 Å². The van der Waals surface area contributed by atoms with Gasteiger partial charge >= 0.3 is 0 Å². The van der Waals surface area contributed by atoms with Crippen molar-refractivity contribution in [3.63, 3.8) is 0 Å². The second-order valence-electron chi connectivity index (χ2n) is 5.63. The van der Waals surface area contributed by atoms with Gasteiger partial charge in [-0.2, -0.15) is 11.8 Å². The molecule has 0 spiro atoms. The molecule has 0 unspecified atom stereocenters. The molecule has 3 rings (SSSR count). The first-order chi connectivity index (χ1) is 12.9. The predicted octanol–water partition coefficient (Wildman–Crippen LogP) is 3.07. The minimum atomic E-state index is -1.66. The Balaban J connectivity index is 1.48. The lowest BCUT2D eigenvalue weighted by Gasteiger charge is -2.13. The van der Waals surface area contributed by atoms with E-state index in [9.17, 15) is 27.6 Å². The molecule has 0 radical (unpaired) electrons. The molecule has 2 aromatic rings. The van der Waals surface area contributed by atoms with Crippen LogP contribution >= 0.6 is 11.8 Å². The lowest BCUT2D eigenvalue weighted by Crippen LogP contribution is -2.32. The van der Waals surface area contributed by atoms with Gasteiger partial charge in [0.15, 0.2) is 17.5 Å². The van der Waals surface area contributed by atoms with Gasteiger partial charge in [0.25, 0.3) is 11.8 Å². The summed E-state index contributed by atoms with van der Waals surface area (Å²) in [5.41, 5.74) is 0.234. The van der Waals surface area contributed by atoms with Crippen molar-refractivity contribution in [3.05, 3.63) is 65.0 Å². The van der Waals surface area contributed by atoms with Crippen molar-refractivity contribution in [1.82, 2.24) is 4.90 Å². The summed E-state index contributed by atoms with van der Waals surface area (Å²) >= 11 is 1.12. The number of hydrogen-bond acceptors (Lipinski definition) is 4. The number of hydrogen-bond donors (Lipinski definition) is 1. The predicted molar refractivity (Wildman–Crippen MR) is 94.1 cm³/mol. The first kappa shape index (κ1) is 19.0. The van der Waals surface area contributed by atoms with E-state index in [0.29, 0.717) is 22.9 Å². The zero-order chi connectivity index (χ0) is 19.6. The Kier molecular flexibility index (Phi) is 5.50. The second-order valence-corrected chi connectivity index (χ2v) is 6.74. The third-order valence-corrected chi connectivity index (χ3v) is 4.82. The minimum Gasteiger partial charge on any atom is -0.323 e. The van der Waals surface area contributed by atoms with Crippen molar-refractivity contribution in [2.75, 3.05) is 23.4 Å². The first-order valence-corrected chi connectivity index (χ1v) is 9.02. The maximum Gasteiger partial charge on any atom is 0.261 e. The lowest BCUT2D eigenvalue weighted by molar-refractivity contribution is -0.113. The molecule has 2 aromatic carbocycles. The van der Waals surface area contributed by atoms with Gasteiger partial charge in [-0.1, -0.05) is 12.1 Å². The molecule has 0 fully saturated rings. The molecule has 0 saturated heterocycles. The summed E-state index contributed by atoms with van der Waals surface area (Å²) in [5, 5.41) is 2.15. The van der Waals surface area contributed by atoms with E-state index in [1.54, 1.807) is 24.3 Å². The van der Waals surface area contributed by atoms with Crippen LogP contribution in [0.4, 0.5) is 18.9 Å². The van der Waals surface area contributed by atoms with Crippen molar-refractivity contribution >= 4 is 35.2 Å². The first-order valence-electron chi connectivity index (χ1n) is 7.86. The summed E-state index contributed by atoms with van der Waals surface area (Å²) in [5.74, 6) is -5.69. The number of anilines is 1. The van der Waals surface area contributed by atoms with Gasteiger partial charge in [0, 0.05) is 12.3 Å². The number of carbonyl (C=O) groups excluding carboxylic acids is 3. The van der Waals surface area contributed by atoms with E-state index in [0.717, 1.165) is 22.7 Å². The standard InChI is InChI=1S/C18H13F3N2O3S/c19-12-5-6-13(16(21)15(12)20)22-14(24)9-27-8-7-23-17(25)10-3-1-2-4-11(10)18(23)26/h1-6H,7-9H2,(H,22,24). The van der Waals surface area contributed by atoms with E-state index in [2.05, 4.69) is 5.32 Å². The van der Waals surface area contributed by atoms with E-state index in [1.165, 1.54) is 0 Å². The maximum atomic E-state index is 13.5. The van der Waals surface area contributed by atoms with E-state index in [1.807, 2.05) is 0 Å². The summed E-state index contributed by atoms with van der Waals surface area (Å²) < 4.78 is 39.5. The van der Waals surface area contributed by atoms with Crippen LogP contribution in [0.25, 0.3) is 0 Å². The Morgan fingerprint density at radius 2 is 1.59 bits per heavy atom. The molecule has 0 aromatic heterocycles. The van der Waals surface area contributed by atoms with Crippen molar-refractivity contribution < 1.29 is 27.6 Å². The quantitative estimate of drug-likeness (QED) is 0.465. The number of nitrogens with zero attached hydrogens (tertiary/aromatic N) is 1. The van der Waals surface area contributed by atoms with Crippen LogP contribution in [0.3, 0.4) is 0 Å². The third-order valence-electron chi connectivity index (χ3n) is 3.88. The summed E-state index contributed by atoms with van der Waals surface area (Å²) in [7, 11) is 0. The maximum absolute atomic E-state index is 13.5. The Morgan fingerprint density at radius 3 is 2.22 bits per heavy atom. The highest BCUT2D eigenvalue weighted by molar-refractivity contribution is 7.99. The Hall–Kier alpha value is -2.81. The third kappa shape index (κ3) is 3.82. The molecule has 9 heteroatoms. The normalized spacial score (nSPS) is 13.1. The van der Waals surface area contributed by atoms with Crippen LogP contribution in [0.2, 0.25) is 0 Å². The van der Waals surface area contributed by atoms with Gasteiger partial charge in [0.1, 0.15) is 0 Å². The second kappa shape index (κ2) is 7.83. The van der Waals surface area contributed by atoms with E-state index >= 15 is 0 Å². The number of amides is 3. The molecule has 0 saturated carbocycles. The average Bonchev–Trinajstić information content (AvgIpc) is 2.90. The molecule has 0 bridgehead atoms. The molecular weight excluding hydrogens is 381 g/mol. The van der Waals surface area contributed by atoms with Crippen LogP contribution in [0.1, 0.15) is 20.7 Å². The molecule has 0 aliphatic carbocycles. The highest BCUT2D eigenvalue weighted by Crippen LogP contribution is 2.23. The fourth-order valence-corrected chi connectivity index (χ4v) is 3.29. The van der Waals surface area contributed by atoms with Gasteiger partial charge in [-0.05, 0) is 24.3 Å². The zero-order valence-electron chi connectivity index (χ0n) is 13.8.